The van der Waals surface area contributed by atoms with Gasteiger partial charge in [-0.25, -0.2) is 4.39 Å². The third-order valence-corrected chi connectivity index (χ3v) is 5.01. The molecule has 1 saturated heterocycles. The first-order chi connectivity index (χ1) is 13.0. The first-order valence-corrected chi connectivity index (χ1v) is 9.65. The van der Waals surface area contributed by atoms with Crippen LogP contribution in [-0.4, -0.2) is 55.4 Å². The van der Waals surface area contributed by atoms with E-state index in [-0.39, 0.29) is 5.82 Å². The van der Waals surface area contributed by atoms with E-state index in [0.717, 1.165) is 43.2 Å². The summed E-state index contributed by atoms with van der Waals surface area (Å²) in [7, 11) is 0. The lowest BCUT2D eigenvalue weighted by molar-refractivity contribution is 0.0659. The molecule has 0 radical (unpaired) electrons. The molecule has 1 aliphatic heterocycles. The zero-order chi connectivity index (χ0) is 19.2. The molecule has 0 amide bonds. The summed E-state index contributed by atoms with van der Waals surface area (Å²) in [4.78, 5) is 4.50. The summed E-state index contributed by atoms with van der Waals surface area (Å²) in [5.41, 5.74) is 2.21. The molecule has 0 spiro atoms. The SMILES string of the molecule is CC(C)c1ccccc1OC[C@@H](O)CN1CCN(c2ccc(F)cc2)CC1. The highest BCUT2D eigenvalue weighted by Crippen LogP contribution is 2.26. The lowest BCUT2D eigenvalue weighted by Crippen LogP contribution is -2.49. The van der Waals surface area contributed by atoms with Crippen molar-refractivity contribution in [2.24, 2.45) is 0 Å². The van der Waals surface area contributed by atoms with Gasteiger partial charge in [-0.05, 0) is 41.8 Å². The fraction of sp³-hybridized carbons (Fsp3) is 0.455. The van der Waals surface area contributed by atoms with Gasteiger partial charge in [-0.1, -0.05) is 32.0 Å². The fourth-order valence-electron chi connectivity index (χ4n) is 3.47. The lowest BCUT2D eigenvalue weighted by atomic mass is 10.0. The molecule has 1 atom stereocenters. The molecule has 1 fully saturated rings. The summed E-state index contributed by atoms with van der Waals surface area (Å²) in [6, 6.07) is 14.6. The Kier molecular flexibility index (Phi) is 6.69. The number of hydrogen-bond acceptors (Lipinski definition) is 4. The van der Waals surface area contributed by atoms with Crippen molar-refractivity contribution < 1.29 is 14.2 Å². The van der Waals surface area contributed by atoms with Gasteiger partial charge in [0.1, 0.15) is 24.3 Å². The number of anilines is 1. The van der Waals surface area contributed by atoms with Gasteiger partial charge in [0.25, 0.3) is 0 Å². The van der Waals surface area contributed by atoms with E-state index < -0.39 is 6.10 Å². The average Bonchev–Trinajstić information content (AvgIpc) is 2.68. The van der Waals surface area contributed by atoms with E-state index in [1.807, 2.05) is 30.3 Å². The van der Waals surface area contributed by atoms with E-state index in [2.05, 4.69) is 29.7 Å². The van der Waals surface area contributed by atoms with Crippen molar-refractivity contribution in [3.8, 4) is 5.75 Å². The summed E-state index contributed by atoms with van der Waals surface area (Å²) >= 11 is 0. The number of aliphatic hydroxyl groups is 1. The molecular formula is C22H29FN2O2. The number of piperazine rings is 1. The number of ether oxygens (including phenoxy) is 1. The second-order valence-corrected chi connectivity index (χ2v) is 7.42. The minimum absolute atomic E-state index is 0.209. The number of hydrogen-bond donors (Lipinski definition) is 1. The van der Waals surface area contributed by atoms with Gasteiger partial charge >= 0.3 is 0 Å². The molecule has 0 aliphatic carbocycles. The Bertz CT molecular complexity index is 713. The first kappa shape index (κ1) is 19.6. The quantitative estimate of drug-likeness (QED) is 0.807. The maximum Gasteiger partial charge on any atom is 0.123 e. The van der Waals surface area contributed by atoms with E-state index in [4.69, 9.17) is 4.74 Å². The van der Waals surface area contributed by atoms with Gasteiger partial charge in [-0.15, -0.1) is 0 Å². The van der Waals surface area contributed by atoms with Gasteiger partial charge in [0.2, 0.25) is 0 Å². The molecule has 0 saturated carbocycles. The molecule has 5 heteroatoms. The second-order valence-electron chi connectivity index (χ2n) is 7.42. The summed E-state index contributed by atoms with van der Waals surface area (Å²) in [6.07, 6.45) is -0.525. The number of para-hydroxylation sites is 1. The first-order valence-electron chi connectivity index (χ1n) is 9.65. The summed E-state index contributed by atoms with van der Waals surface area (Å²) < 4.78 is 18.9. The number of benzene rings is 2. The molecular weight excluding hydrogens is 343 g/mol. The molecule has 27 heavy (non-hydrogen) atoms. The molecule has 2 aromatic rings. The molecule has 146 valence electrons. The number of aliphatic hydroxyl groups excluding tert-OH is 1. The van der Waals surface area contributed by atoms with Gasteiger partial charge in [-0.2, -0.15) is 0 Å². The number of halogens is 1. The molecule has 3 rings (SSSR count). The third kappa shape index (κ3) is 5.44. The van der Waals surface area contributed by atoms with Gasteiger partial charge in [0, 0.05) is 38.4 Å². The predicted molar refractivity (Wildman–Crippen MR) is 107 cm³/mol. The Morgan fingerprint density at radius 3 is 2.33 bits per heavy atom. The Labute approximate surface area is 161 Å². The maximum absolute atomic E-state index is 13.1. The number of nitrogens with zero attached hydrogens (tertiary/aromatic N) is 2. The second kappa shape index (κ2) is 9.20. The van der Waals surface area contributed by atoms with E-state index in [1.54, 1.807) is 0 Å². The van der Waals surface area contributed by atoms with Crippen LogP contribution >= 0.6 is 0 Å². The Hall–Kier alpha value is -2.11. The van der Waals surface area contributed by atoms with Crippen molar-refractivity contribution in [1.82, 2.24) is 4.90 Å². The highest BCUT2D eigenvalue weighted by molar-refractivity contribution is 5.46. The minimum atomic E-state index is -0.525. The van der Waals surface area contributed by atoms with Gasteiger partial charge in [0.05, 0.1) is 0 Å². The van der Waals surface area contributed by atoms with Crippen molar-refractivity contribution in [2.45, 2.75) is 25.9 Å². The van der Waals surface area contributed by atoms with Crippen LogP contribution in [0.1, 0.15) is 25.3 Å². The van der Waals surface area contributed by atoms with Crippen LogP contribution < -0.4 is 9.64 Å². The van der Waals surface area contributed by atoms with E-state index >= 15 is 0 Å². The van der Waals surface area contributed by atoms with Crippen LogP contribution in [0.3, 0.4) is 0 Å². The van der Waals surface area contributed by atoms with E-state index in [9.17, 15) is 9.50 Å². The molecule has 2 aromatic carbocycles. The van der Waals surface area contributed by atoms with Gasteiger partial charge in [0.15, 0.2) is 0 Å². The molecule has 0 bridgehead atoms. The Morgan fingerprint density at radius 1 is 1.00 bits per heavy atom. The molecule has 1 heterocycles. The third-order valence-electron chi connectivity index (χ3n) is 5.01. The zero-order valence-electron chi connectivity index (χ0n) is 16.1. The summed E-state index contributed by atoms with van der Waals surface area (Å²) in [6.45, 7) is 8.65. The normalized spacial score (nSPS) is 16.6. The smallest absolute Gasteiger partial charge is 0.123 e. The van der Waals surface area contributed by atoms with Crippen LogP contribution in [0.25, 0.3) is 0 Å². The van der Waals surface area contributed by atoms with Crippen LogP contribution in [0.2, 0.25) is 0 Å². The van der Waals surface area contributed by atoms with Crippen LogP contribution in [0.4, 0.5) is 10.1 Å². The zero-order valence-corrected chi connectivity index (χ0v) is 16.1. The predicted octanol–water partition coefficient (Wildman–Crippen LogP) is 3.51. The molecule has 1 N–H and O–H groups in total. The highest BCUT2D eigenvalue weighted by atomic mass is 19.1. The van der Waals surface area contributed by atoms with Crippen LogP contribution in [0, 0.1) is 5.82 Å². The van der Waals surface area contributed by atoms with E-state index in [0.29, 0.717) is 19.1 Å². The van der Waals surface area contributed by atoms with Crippen molar-refractivity contribution >= 4 is 5.69 Å². The Balaban J connectivity index is 1.44. The largest absolute Gasteiger partial charge is 0.491 e. The lowest BCUT2D eigenvalue weighted by Gasteiger charge is -2.36. The molecule has 0 unspecified atom stereocenters. The number of rotatable bonds is 7. The van der Waals surface area contributed by atoms with Gasteiger partial charge in [-0.3, -0.25) is 4.90 Å². The van der Waals surface area contributed by atoms with Crippen molar-refractivity contribution in [3.05, 3.63) is 59.9 Å². The summed E-state index contributed by atoms with van der Waals surface area (Å²) in [5, 5.41) is 10.4. The van der Waals surface area contributed by atoms with Crippen molar-refractivity contribution in [1.29, 1.82) is 0 Å². The van der Waals surface area contributed by atoms with Crippen LogP contribution in [-0.2, 0) is 0 Å². The molecule has 4 nitrogen and oxygen atoms in total. The fourth-order valence-corrected chi connectivity index (χ4v) is 3.47. The summed E-state index contributed by atoms with van der Waals surface area (Å²) in [5.74, 6) is 1.03. The van der Waals surface area contributed by atoms with Gasteiger partial charge < -0.3 is 14.7 Å². The van der Waals surface area contributed by atoms with E-state index in [1.165, 1.54) is 12.1 Å². The number of β-amino-alcohol motifs (C(OH)–C–C–N with tert-alkyl or cyclic N) is 1. The van der Waals surface area contributed by atoms with Crippen molar-refractivity contribution in [2.75, 3.05) is 44.2 Å². The topological polar surface area (TPSA) is 35.9 Å². The minimum Gasteiger partial charge on any atom is -0.491 e. The monoisotopic (exact) mass is 372 g/mol. The molecule has 1 aliphatic rings. The standard InChI is InChI=1S/C22H29FN2O2/c1-17(2)21-5-3-4-6-22(21)27-16-20(26)15-24-11-13-25(14-12-24)19-9-7-18(23)8-10-19/h3-10,17,20,26H,11-16H2,1-2H3/t20-/m0/s1. The molecule has 0 aromatic heterocycles. The van der Waals surface area contributed by atoms with Crippen molar-refractivity contribution in [3.63, 3.8) is 0 Å². The highest BCUT2D eigenvalue weighted by Gasteiger charge is 2.20. The average molecular weight is 372 g/mol. The van der Waals surface area contributed by atoms with Crippen LogP contribution in [0.15, 0.2) is 48.5 Å². The Morgan fingerprint density at radius 2 is 1.67 bits per heavy atom. The maximum atomic E-state index is 13.1. The van der Waals surface area contributed by atoms with Crippen LogP contribution in [0.5, 0.6) is 5.75 Å².